The molecule has 0 aliphatic heterocycles. The molecule has 0 bridgehead atoms. The van der Waals surface area contributed by atoms with E-state index in [2.05, 4.69) is 20.3 Å². The van der Waals surface area contributed by atoms with Gasteiger partial charge in [0.05, 0.1) is 10.6 Å². The minimum absolute atomic E-state index is 0.136. The zero-order valence-corrected chi connectivity index (χ0v) is 17.1. The lowest BCUT2D eigenvalue weighted by Crippen LogP contribution is -2.18. The number of carbonyl (C=O) groups excluding carboxylic acids is 1. The fourth-order valence-corrected chi connectivity index (χ4v) is 3.72. The van der Waals surface area contributed by atoms with Crippen LogP contribution in [0.1, 0.15) is 16.2 Å². The van der Waals surface area contributed by atoms with E-state index >= 15 is 0 Å². The van der Waals surface area contributed by atoms with E-state index in [1.807, 2.05) is 86.2 Å². The first-order valence-electron chi connectivity index (χ1n) is 9.22. The number of carbonyl (C=O) groups is 1. The normalized spacial score (nSPS) is 11.0. The Hall–Kier alpha value is -3.29. The molecule has 0 spiro atoms. The van der Waals surface area contributed by atoms with Gasteiger partial charge in [0.25, 0.3) is 5.91 Å². The van der Waals surface area contributed by atoms with Crippen LogP contribution >= 0.6 is 11.3 Å². The molecule has 2 heterocycles. The van der Waals surface area contributed by atoms with Gasteiger partial charge in [0.15, 0.2) is 5.82 Å². The highest BCUT2D eigenvalue weighted by atomic mass is 32.1. The van der Waals surface area contributed by atoms with Crippen molar-refractivity contribution in [1.29, 1.82) is 0 Å². The quantitative estimate of drug-likeness (QED) is 0.521. The summed E-state index contributed by atoms with van der Waals surface area (Å²) in [5.41, 5.74) is 2.65. The summed E-state index contributed by atoms with van der Waals surface area (Å²) in [5.74, 6) is 0.457. The second-order valence-electron chi connectivity index (χ2n) is 6.83. The van der Waals surface area contributed by atoms with Gasteiger partial charge < -0.3 is 10.2 Å². The van der Waals surface area contributed by atoms with Crippen molar-refractivity contribution >= 4 is 22.9 Å². The molecule has 6 nitrogen and oxygen atoms in total. The number of rotatable bonds is 6. The second-order valence-corrected chi connectivity index (χ2v) is 7.78. The number of hydrogen-bond acceptors (Lipinski definition) is 5. The number of hydrogen-bond donors (Lipinski definition) is 1. The maximum Gasteiger partial charge on any atom is 0.295 e. The van der Waals surface area contributed by atoms with Crippen molar-refractivity contribution in [2.45, 2.75) is 6.54 Å². The molecule has 1 amide bonds. The Morgan fingerprint density at radius 1 is 1.03 bits per heavy atom. The standard InChI is InChI=1S/C22H21N5OS/c1-26(2)15-16-9-6-7-12-18(16)23-22(28)20-24-21(19-13-8-14-29-19)27(25-20)17-10-4-3-5-11-17/h3-14H,15H2,1-2H3,(H,23,28). The first-order valence-corrected chi connectivity index (χ1v) is 10.1. The van der Waals surface area contributed by atoms with Gasteiger partial charge >= 0.3 is 0 Å². The first kappa shape index (κ1) is 19.0. The average Bonchev–Trinajstić information content (AvgIpc) is 3.39. The van der Waals surface area contributed by atoms with E-state index in [0.717, 1.165) is 28.4 Å². The molecule has 2 aromatic heterocycles. The van der Waals surface area contributed by atoms with E-state index in [-0.39, 0.29) is 11.7 Å². The van der Waals surface area contributed by atoms with Crippen molar-refractivity contribution in [3.8, 4) is 16.4 Å². The molecule has 29 heavy (non-hydrogen) atoms. The molecule has 4 rings (SSSR count). The maximum atomic E-state index is 13.0. The van der Waals surface area contributed by atoms with E-state index in [9.17, 15) is 4.79 Å². The van der Waals surface area contributed by atoms with Crippen LogP contribution in [0.2, 0.25) is 0 Å². The topological polar surface area (TPSA) is 63.1 Å². The Bertz CT molecular complexity index is 1100. The molecule has 0 aliphatic rings. The number of aromatic nitrogens is 3. The van der Waals surface area contributed by atoms with Gasteiger partial charge in [-0.3, -0.25) is 4.79 Å². The van der Waals surface area contributed by atoms with Crippen LogP contribution in [0.3, 0.4) is 0 Å². The summed E-state index contributed by atoms with van der Waals surface area (Å²) in [6.45, 7) is 0.725. The molecule has 2 aromatic carbocycles. The lowest BCUT2D eigenvalue weighted by molar-refractivity contribution is 0.101. The summed E-state index contributed by atoms with van der Waals surface area (Å²) in [6, 6.07) is 21.4. The predicted octanol–water partition coefficient (Wildman–Crippen LogP) is 4.31. The Morgan fingerprint density at radius 2 is 1.79 bits per heavy atom. The zero-order chi connectivity index (χ0) is 20.2. The van der Waals surface area contributed by atoms with E-state index < -0.39 is 0 Å². The molecular formula is C22H21N5OS. The fraction of sp³-hybridized carbons (Fsp3) is 0.136. The van der Waals surface area contributed by atoms with Gasteiger partial charge in [0.1, 0.15) is 0 Å². The van der Waals surface area contributed by atoms with Gasteiger partial charge in [-0.15, -0.1) is 16.4 Å². The monoisotopic (exact) mass is 403 g/mol. The Kier molecular flexibility index (Phi) is 5.50. The zero-order valence-electron chi connectivity index (χ0n) is 16.2. The lowest BCUT2D eigenvalue weighted by Gasteiger charge is -2.14. The Morgan fingerprint density at radius 3 is 2.52 bits per heavy atom. The van der Waals surface area contributed by atoms with Crippen molar-refractivity contribution in [2.75, 3.05) is 19.4 Å². The largest absolute Gasteiger partial charge is 0.319 e. The number of benzene rings is 2. The summed E-state index contributed by atoms with van der Waals surface area (Å²) in [7, 11) is 3.99. The highest BCUT2D eigenvalue weighted by molar-refractivity contribution is 7.13. The van der Waals surface area contributed by atoms with E-state index in [1.54, 1.807) is 16.0 Å². The third kappa shape index (κ3) is 4.26. The van der Waals surface area contributed by atoms with Gasteiger partial charge in [0.2, 0.25) is 5.82 Å². The van der Waals surface area contributed by atoms with Crippen molar-refractivity contribution in [2.24, 2.45) is 0 Å². The summed E-state index contributed by atoms with van der Waals surface area (Å²) in [5, 5.41) is 9.46. The molecule has 0 atom stereocenters. The molecule has 0 unspecified atom stereocenters. The molecule has 0 saturated heterocycles. The summed E-state index contributed by atoms with van der Waals surface area (Å²) in [4.78, 5) is 20.5. The number of anilines is 1. The molecule has 0 fully saturated rings. The summed E-state index contributed by atoms with van der Waals surface area (Å²) in [6.07, 6.45) is 0. The maximum absolute atomic E-state index is 13.0. The average molecular weight is 404 g/mol. The van der Waals surface area contributed by atoms with Crippen LogP contribution < -0.4 is 5.32 Å². The summed E-state index contributed by atoms with van der Waals surface area (Å²) >= 11 is 1.56. The van der Waals surface area contributed by atoms with Crippen LogP contribution in [0.15, 0.2) is 72.1 Å². The molecule has 146 valence electrons. The van der Waals surface area contributed by atoms with Gasteiger partial charge in [-0.1, -0.05) is 42.5 Å². The smallest absolute Gasteiger partial charge is 0.295 e. The number of para-hydroxylation sites is 2. The van der Waals surface area contributed by atoms with Crippen LogP contribution in [0, 0.1) is 0 Å². The van der Waals surface area contributed by atoms with Crippen LogP contribution in [0.5, 0.6) is 0 Å². The summed E-state index contributed by atoms with van der Waals surface area (Å²) < 4.78 is 1.71. The van der Waals surface area contributed by atoms with Crippen LogP contribution in [-0.4, -0.2) is 39.7 Å². The molecule has 0 radical (unpaired) electrons. The Balaban J connectivity index is 1.68. The van der Waals surface area contributed by atoms with Crippen LogP contribution in [0.25, 0.3) is 16.4 Å². The SMILES string of the molecule is CN(C)Cc1ccccc1NC(=O)c1nc(-c2cccs2)n(-c2ccccc2)n1. The predicted molar refractivity (Wildman–Crippen MR) is 116 cm³/mol. The fourth-order valence-electron chi connectivity index (χ4n) is 3.02. The van der Waals surface area contributed by atoms with E-state index in [0.29, 0.717) is 5.82 Å². The van der Waals surface area contributed by atoms with Gasteiger partial charge in [-0.05, 0) is 49.3 Å². The van der Waals surface area contributed by atoms with Crippen molar-refractivity contribution in [3.05, 3.63) is 83.5 Å². The van der Waals surface area contributed by atoms with Crippen LogP contribution in [-0.2, 0) is 6.54 Å². The van der Waals surface area contributed by atoms with Crippen molar-refractivity contribution in [1.82, 2.24) is 19.7 Å². The molecule has 0 aliphatic carbocycles. The van der Waals surface area contributed by atoms with Gasteiger partial charge in [-0.25, -0.2) is 9.67 Å². The molecule has 0 saturated carbocycles. The highest BCUT2D eigenvalue weighted by Crippen LogP contribution is 2.26. The molecule has 1 N–H and O–H groups in total. The van der Waals surface area contributed by atoms with Gasteiger partial charge in [0, 0.05) is 12.2 Å². The molecular weight excluding hydrogens is 382 g/mol. The first-order chi connectivity index (χ1) is 14.1. The number of nitrogens with one attached hydrogen (secondary N) is 1. The number of thiophene rings is 1. The molecule has 4 aromatic rings. The number of amides is 1. The third-order valence-electron chi connectivity index (χ3n) is 4.30. The third-order valence-corrected chi connectivity index (χ3v) is 5.17. The van der Waals surface area contributed by atoms with Crippen molar-refractivity contribution < 1.29 is 4.79 Å². The lowest BCUT2D eigenvalue weighted by atomic mass is 10.1. The van der Waals surface area contributed by atoms with E-state index in [4.69, 9.17) is 0 Å². The highest BCUT2D eigenvalue weighted by Gasteiger charge is 2.20. The van der Waals surface area contributed by atoms with Crippen LogP contribution in [0.4, 0.5) is 5.69 Å². The molecule has 7 heteroatoms. The Labute approximate surface area is 173 Å². The van der Waals surface area contributed by atoms with Gasteiger partial charge in [-0.2, -0.15) is 0 Å². The minimum Gasteiger partial charge on any atom is -0.319 e. The minimum atomic E-state index is -0.330. The number of nitrogens with zero attached hydrogens (tertiary/aromatic N) is 4. The van der Waals surface area contributed by atoms with E-state index in [1.165, 1.54) is 0 Å². The second kappa shape index (κ2) is 8.38. The van der Waals surface area contributed by atoms with Crippen molar-refractivity contribution in [3.63, 3.8) is 0 Å².